The highest BCUT2D eigenvalue weighted by molar-refractivity contribution is 9.10. The maximum absolute atomic E-state index is 8.45. The molecule has 0 unspecified atom stereocenters. The fraction of sp³-hybridized carbons (Fsp3) is 0.250. The third-order valence-electron chi connectivity index (χ3n) is 1.54. The van der Waals surface area contributed by atoms with Crippen LogP contribution >= 0.6 is 27.5 Å². The quantitative estimate of drug-likeness (QED) is 0.831. The first-order valence-electron chi connectivity index (χ1n) is 3.58. The van der Waals surface area contributed by atoms with E-state index in [1.807, 2.05) is 6.07 Å². The van der Waals surface area contributed by atoms with Gasteiger partial charge in [0.1, 0.15) is 5.15 Å². The predicted molar refractivity (Wildman–Crippen MR) is 54.1 cm³/mol. The Kier molecular flexibility index (Phi) is 3.67. The van der Waals surface area contributed by atoms with E-state index in [0.29, 0.717) is 10.7 Å². The molecule has 0 saturated carbocycles. The number of nitrogens with zero attached hydrogens (tertiary/aromatic N) is 2. The Morgan fingerprint density at radius 1 is 1.77 bits per heavy atom. The molecule has 0 amide bonds. The lowest BCUT2D eigenvalue weighted by Gasteiger charge is -2.09. The van der Waals surface area contributed by atoms with Crippen LogP contribution in [-0.2, 0) is 0 Å². The van der Waals surface area contributed by atoms with Crippen molar-refractivity contribution in [1.82, 2.24) is 4.98 Å². The van der Waals surface area contributed by atoms with Gasteiger partial charge in [0.05, 0.1) is 12.5 Å². The summed E-state index contributed by atoms with van der Waals surface area (Å²) >= 11 is 9.06. The van der Waals surface area contributed by atoms with Crippen LogP contribution in [0, 0.1) is 11.3 Å². The van der Waals surface area contributed by atoms with E-state index in [0.717, 1.165) is 4.47 Å². The van der Waals surface area contributed by atoms with E-state index >= 15 is 0 Å². The van der Waals surface area contributed by atoms with E-state index in [-0.39, 0.29) is 12.5 Å². The van der Waals surface area contributed by atoms with E-state index in [2.05, 4.69) is 20.9 Å². The topological polar surface area (TPSA) is 62.7 Å². The van der Waals surface area contributed by atoms with Crippen molar-refractivity contribution in [2.45, 2.75) is 12.5 Å². The first kappa shape index (κ1) is 10.5. The monoisotopic (exact) mass is 259 g/mol. The van der Waals surface area contributed by atoms with Gasteiger partial charge in [-0.3, -0.25) is 0 Å². The maximum atomic E-state index is 8.45. The number of aromatic nitrogens is 1. The molecule has 1 aromatic heterocycles. The second kappa shape index (κ2) is 4.56. The standard InChI is InChI=1S/C8H7BrClN3/c9-5-3-6(7(12)1-2-11)8(10)13-4-5/h3-4,7H,1,12H2/t7-/m1/s1. The smallest absolute Gasteiger partial charge is 0.133 e. The third-order valence-corrected chi connectivity index (χ3v) is 2.29. The number of nitrogens with two attached hydrogens (primary N) is 1. The molecule has 0 fully saturated rings. The number of halogens is 2. The van der Waals surface area contributed by atoms with E-state index in [9.17, 15) is 0 Å². The van der Waals surface area contributed by atoms with E-state index in [1.165, 1.54) is 0 Å². The van der Waals surface area contributed by atoms with Crippen LogP contribution in [0.2, 0.25) is 5.15 Å². The van der Waals surface area contributed by atoms with Gasteiger partial charge < -0.3 is 5.73 Å². The third kappa shape index (κ3) is 2.66. The van der Waals surface area contributed by atoms with Gasteiger partial charge in [-0.25, -0.2) is 4.98 Å². The fourth-order valence-electron chi connectivity index (χ4n) is 0.907. The van der Waals surface area contributed by atoms with Crippen molar-refractivity contribution in [2.24, 2.45) is 5.73 Å². The van der Waals surface area contributed by atoms with Crippen molar-refractivity contribution in [3.05, 3.63) is 27.5 Å². The summed E-state index contributed by atoms with van der Waals surface area (Å²) in [6.45, 7) is 0. The summed E-state index contributed by atoms with van der Waals surface area (Å²) in [4.78, 5) is 3.91. The summed E-state index contributed by atoms with van der Waals surface area (Å²) in [5.74, 6) is 0. The van der Waals surface area contributed by atoms with Crippen molar-refractivity contribution < 1.29 is 0 Å². The lowest BCUT2D eigenvalue weighted by molar-refractivity contribution is 0.743. The van der Waals surface area contributed by atoms with Crippen LogP contribution < -0.4 is 5.73 Å². The van der Waals surface area contributed by atoms with Crippen LogP contribution in [0.1, 0.15) is 18.0 Å². The molecule has 1 atom stereocenters. The van der Waals surface area contributed by atoms with Crippen LogP contribution in [0.3, 0.4) is 0 Å². The zero-order valence-electron chi connectivity index (χ0n) is 6.67. The van der Waals surface area contributed by atoms with E-state index < -0.39 is 0 Å². The van der Waals surface area contributed by atoms with Crippen molar-refractivity contribution >= 4 is 27.5 Å². The predicted octanol–water partition coefficient (Wildman–Crippen LogP) is 2.41. The first-order valence-corrected chi connectivity index (χ1v) is 4.75. The number of hydrogen-bond donors (Lipinski definition) is 1. The molecule has 2 N–H and O–H groups in total. The molecule has 0 aliphatic carbocycles. The minimum absolute atomic E-state index is 0.234. The Bertz CT molecular complexity index is 348. The molecular formula is C8H7BrClN3. The zero-order valence-corrected chi connectivity index (χ0v) is 9.01. The van der Waals surface area contributed by atoms with Gasteiger partial charge >= 0.3 is 0 Å². The molecule has 13 heavy (non-hydrogen) atoms. The summed E-state index contributed by atoms with van der Waals surface area (Å²) < 4.78 is 0.806. The Hall–Kier alpha value is -0.630. The van der Waals surface area contributed by atoms with Crippen LogP contribution in [0.4, 0.5) is 0 Å². The second-order valence-corrected chi connectivity index (χ2v) is 3.78. The molecule has 0 saturated heterocycles. The SMILES string of the molecule is N#CC[C@@H](N)c1cc(Br)cnc1Cl. The Balaban J connectivity index is 3.00. The maximum Gasteiger partial charge on any atom is 0.133 e. The van der Waals surface area contributed by atoms with Gasteiger partial charge in [-0.15, -0.1) is 0 Å². The normalized spacial score (nSPS) is 12.2. The van der Waals surface area contributed by atoms with Gasteiger partial charge in [0.25, 0.3) is 0 Å². The molecule has 1 rings (SSSR count). The minimum Gasteiger partial charge on any atom is -0.323 e. The fourth-order valence-corrected chi connectivity index (χ4v) is 1.50. The Morgan fingerprint density at radius 2 is 2.46 bits per heavy atom. The van der Waals surface area contributed by atoms with Crippen molar-refractivity contribution in [3.8, 4) is 6.07 Å². The van der Waals surface area contributed by atoms with Crippen LogP contribution in [0.15, 0.2) is 16.7 Å². The Labute approximate surface area is 89.6 Å². The van der Waals surface area contributed by atoms with E-state index in [1.54, 1.807) is 12.3 Å². The summed E-state index contributed by atoms with van der Waals surface area (Å²) in [5.41, 5.74) is 6.40. The molecule has 3 nitrogen and oxygen atoms in total. The molecule has 5 heteroatoms. The van der Waals surface area contributed by atoms with Crippen molar-refractivity contribution in [2.75, 3.05) is 0 Å². The number of pyridine rings is 1. The number of rotatable bonds is 2. The molecular weight excluding hydrogens is 253 g/mol. The van der Waals surface area contributed by atoms with Crippen LogP contribution in [0.5, 0.6) is 0 Å². The van der Waals surface area contributed by atoms with Gasteiger partial charge in [0.15, 0.2) is 0 Å². The van der Waals surface area contributed by atoms with Gasteiger partial charge in [-0.1, -0.05) is 11.6 Å². The zero-order chi connectivity index (χ0) is 9.84. The molecule has 0 aromatic carbocycles. The first-order chi connectivity index (χ1) is 6.15. The molecule has 0 aliphatic rings. The lowest BCUT2D eigenvalue weighted by atomic mass is 10.1. The largest absolute Gasteiger partial charge is 0.323 e. The number of hydrogen-bond acceptors (Lipinski definition) is 3. The molecule has 0 spiro atoms. The summed E-state index contributed by atoms with van der Waals surface area (Å²) in [7, 11) is 0. The highest BCUT2D eigenvalue weighted by Crippen LogP contribution is 2.24. The van der Waals surface area contributed by atoms with Crippen molar-refractivity contribution in [1.29, 1.82) is 5.26 Å². The van der Waals surface area contributed by atoms with Gasteiger partial charge in [0.2, 0.25) is 0 Å². The average Bonchev–Trinajstić information content (AvgIpc) is 2.09. The van der Waals surface area contributed by atoms with Gasteiger partial charge in [-0.05, 0) is 22.0 Å². The molecule has 68 valence electrons. The highest BCUT2D eigenvalue weighted by Gasteiger charge is 2.10. The summed E-state index contributed by atoms with van der Waals surface area (Å²) in [6, 6.07) is 3.39. The molecule has 1 heterocycles. The highest BCUT2D eigenvalue weighted by atomic mass is 79.9. The average molecular weight is 261 g/mol. The Morgan fingerprint density at radius 3 is 3.08 bits per heavy atom. The van der Waals surface area contributed by atoms with Gasteiger partial charge in [-0.2, -0.15) is 5.26 Å². The van der Waals surface area contributed by atoms with E-state index in [4.69, 9.17) is 22.6 Å². The van der Waals surface area contributed by atoms with Crippen LogP contribution in [0.25, 0.3) is 0 Å². The molecule has 0 radical (unpaired) electrons. The van der Waals surface area contributed by atoms with Crippen LogP contribution in [-0.4, -0.2) is 4.98 Å². The molecule has 0 aliphatic heterocycles. The molecule has 0 bridgehead atoms. The minimum atomic E-state index is -0.373. The lowest BCUT2D eigenvalue weighted by Crippen LogP contribution is -2.10. The second-order valence-electron chi connectivity index (χ2n) is 2.50. The number of nitriles is 1. The molecule has 1 aromatic rings. The summed E-state index contributed by atoms with van der Waals surface area (Å²) in [6.07, 6.45) is 1.82. The van der Waals surface area contributed by atoms with Crippen molar-refractivity contribution in [3.63, 3.8) is 0 Å². The van der Waals surface area contributed by atoms with Gasteiger partial charge in [0, 0.05) is 22.3 Å². The summed E-state index contributed by atoms with van der Waals surface area (Å²) in [5, 5.41) is 8.81.